The number of aliphatic hydroxyl groups is 1. The maximum atomic E-state index is 9.86. The van der Waals surface area contributed by atoms with Gasteiger partial charge >= 0.3 is 0 Å². The molecule has 1 aromatic heterocycles. The zero-order valence-electron chi connectivity index (χ0n) is 7.31. The molecule has 1 aromatic carbocycles. The number of benzene rings is 1. The maximum absolute atomic E-state index is 9.86. The number of hydrogen-bond acceptors (Lipinski definition) is 2. The molecule has 14 heavy (non-hydrogen) atoms. The first-order valence-corrected chi connectivity index (χ1v) is 4.58. The van der Waals surface area contributed by atoms with E-state index in [-0.39, 0.29) is 0 Å². The fourth-order valence-electron chi connectivity index (χ4n) is 1.24. The predicted molar refractivity (Wildman–Crippen MR) is 54.1 cm³/mol. The number of aromatic amines is 1. The third-order valence-electron chi connectivity index (χ3n) is 2.00. The molecule has 0 radical (unpaired) electrons. The van der Waals surface area contributed by atoms with Gasteiger partial charge in [-0.05, 0) is 23.8 Å². The summed E-state index contributed by atoms with van der Waals surface area (Å²) in [4.78, 5) is 0. The first-order chi connectivity index (χ1) is 6.77. The van der Waals surface area contributed by atoms with Crippen LogP contribution in [0.4, 0.5) is 0 Å². The highest BCUT2D eigenvalue weighted by Crippen LogP contribution is 2.21. The topological polar surface area (TPSA) is 48.9 Å². The molecule has 0 fully saturated rings. The Morgan fingerprint density at radius 1 is 1.21 bits per heavy atom. The molecule has 2 aromatic rings. The van der Waals surface area contributed by atoms with E-state index < -0.39 is 6.10 Å². The molecule has 0 saturated carbocycles. The summed E-state index contributed by atoms with van der Waals surface area (Å²) in [6.07, 6.45) is 0.934. The zero-order chi connectivity index (χ0) is 9.97. The van der Waals surface area contributed by atoms with E-state index in [2.05, 4.69) is 10.2 Å². The van der Waals surface area contributed by atoms with Crippen molar-refractivity contribution in [1.82, 2.24) is 10.2 Å². The molecule has 0 aliphatic rings. The van der Waals surface area contributed by atoms with Gasteiger partial charge in [0.15, 0.2) is 0 Å². The molecule has 4 heteroatoms. The number of H-pyrrole nitrogens is 1. The van der Waals surface area contributed by atoms with Crippen molar-refractivity contribution in [3.8, 4) is 0 Å². The Balaban J connectivity index is 2.28. The number of hydrogen-bond donors (Lipinski definition) is 2. The monoisotopic (exact) mass is 208 g/mol. The quantitative estimate of drug-likeness (QED) is 0.795. The zero-order valence-corrected chi connectivity index (χ0v) is 8.07. The molecule has 72 valence electrons. The Morgan fingerprint density at radius 3 is 2.50 bits per heavy atom. The van der Waals surface area contributed by atoms with Crippen molar-refractivity contribution in [2.24, 2.45) is 0 Å². The summed E-state index contributed by atoms with van der Waals surface area (Å²) in [6, 6.07) is 8.80. The highest BCUT2D eigenvalue weighted by Gasteiger charge is 2.10. The Labute approximate surface area is 86.3 Å². The van der Waals surface area contributed by atoms with E-state index >= 15 is 0 Å². The smallest absolute Gasteiger partial charge is 0.120 e. The fraction of sp³-hybridized carbons (Fsp3) is 0.100. The van der Waals surface area contributed by atoms with Gasteiger partial charge in [-0.1, -0.05) is 23.7 Å². The largest absolute Gasteiger partial charge is 0.382 e. The van der Waals surface area contributed by atoms with E-state index in [9.17, 15) is 5.11 Å². The van der Waals surface area contributed by atoms with Crippen LogP contribution in [0.1, 0.15) is 17.4 Å². The Kier molecular flexibility index (Phi) is 2.52. The molecule has 2 rings (SSSR count). The number of aromatic nitrogens is 2. The highest BCUT2D eigenvalue weighted by molar-refractivity contribution is 6.30. The molecule has 1 unspecified atom stereocenters. The van der Waals surface area contributed by atoms with Gasteiger partial charge in [0.1, 0.15) is 6.10 Å². The molecule has 0 spiro atoms. The van der Waals surface area contributed by atoms with Gasteiger partial charge in [-0.25, -0.2) is 0 Å². The van der Waals surface area contributed by atoms with Crippen LogP contribution in [0.2, 0.25) is 5.02 Å². The Hall–Kier alpha value is -1.32. The number of halogens is 1. The normalized spacial score (nSPS) is 12.7. The van der Waals surface area contributed by atoms with Crippen molar-refractivity contribution in [3.05, 3.63) is 52.8 Å². The molecule has 1 heterocycles. The van der Waals surface area contributed by atoms with Crippen LogP contribution >= 0.6 is 11.6 Å². The summed E-state index contributed by atoms with van der Waals surface area (Å²) in [5.74, 6) is 0. The lowest BCUT2D eigenvalue weighted by Crippen LogP contribution is -1.99. The van der Waals surface area contributed by atoms with Crippen LogP contribution in [-0.4, -0.2) is 15.3 Å². The van der Waals surface area contributed by atoms with Gasteiger partial charge < -0.3 is 5.11 Å². The van der Waals surface area contributed by atoms with Crippen LogP contribution in [0, 0.1) is 0 Å². The molecule has 0 amide bonds. The van der Waals surface area contributed by atoms with E-state index in [1.54, 1.807) is 36.5 Å². The van der Waals surface area contributed by atoms with Crippen LogP contribution in [-0.2, 0) is 0 Å². The minimum atomic E-state index is -0.672. The van der Waals surface area contributed by atoms with Crippen molar-refractivity contribution < 1.29 is 5.11 Å². The van der Waals surface area contributed by atoms with Gasteiger partial charge in [-0.15, -0.1) is 0 Å². The second-order valence-electron chi connectivity index (χ2n) is 2.97. The second-order valence-corrected chi connectivity index (χ2v) is 3.40. The van der Waals surface area contributed by atoms with Crippen molar-refractivity contribution in [2.75, 3.05) is 0 Å². The number of aliphatic hydroxyl groups excluding tert-OH is 1. The van der Waals surface area contributed by atoms with Crippen LogP contribution < -0.4 is 0 Å². The van der Waals surface area contributed by atoms with E-state index in [0.717, 1.165) is 5.56 Å². The molecular weight excluding hydrogens is 200 g/mol. The summed E-state index contributed by atoms with van der Waals surface area (Å²) in [6.45, 7) is 0. The lowest BCUT2D eigenvalue weighted by Gasteiger charge is -2.08. The molecule has 0 aliphatic carbocycles. The summed E-state index contributed by atoms with van der Waals surface area (Å²) < 4.78 is 0. The van der Waals surface area contributed by atoms with E-state index in [4.69, 9.17) is 11.6 Å². The molecule has 2 N–H and O–H groups in total. The van der Waals surface area contributed by atoms with Gasteiger partial charge in [0.05, 0.1) is 5.69 Å². The van der Waals surface area contributed by atoms with Gasteiger partial charge in [0, 0.05) is 11.2 Å². The van der Waals surface area contributed by atoms with Crippen LogP contribution in [0.25, 0.3) is 0 Å². The van der Waals surface area contributed by atoms with Crippen LogP contribution in [0.5, 0.6) is 0 Å². The minimum Gasteiger partial charge on any atom is -0.382 e. The lowest BCUT2D eigenvalue weighted by atomic mass is 10.1. The molecule has 0 saturated heterocycles. The molecule has 3 nitrogen and oxygen atoms in total. The summed E-state index contributed by atoms with van der Waals surface area (Å²) in [7, 11) is 0. The predicted octanol–water partition coefficient (Wildman–Crippen LogP) is 2.14. The minimum absolute atomic E-state index is 0.658. The summed E-state index contributed by atoms with van der Waals surface area (Å²) >= 11 is 5.74. The summed E-state index contributed by atoms with van der Waals surface area (Å²) in [5.41, 5.74) is 1.46. The highest BCUT2D eigenvalue weighted by atomic mass is 35.5. The number of nitrogens with one attached hydrogen (secondary N) is 1. The lowest BCUT2D eigenvalue weighted by molar-refractivity contribution is 0.215. The molecule has 1 atom stereocenters. The third kappa shape index (κ3) is 1.78. The summed E-state index contributed by atoms with van der Waals surface area (Å²) in [5, 5.41) is 17.0. The van der Waals surface area contributed by atoms with E-state index in [1.165, 1.54) is 0 Å². The Morgan fingerprint density at radius 2 is 1.93 bits per heavy atom. The fourth-order valence-corrected chi connectivity index (χ4v) is 1.37. The van der Waals surface area contributed by atoms with Gasteiger partial charge in [-0.2, -0.15) is 5.10 Å². The van der Waals surface area contributed by atoms with Crippen molar-refractivity contribution >= 4 is 11.6 Å². The van der Waals surface area contributed by atoms with Gasteiger partial charge in [0.2, 0.25) is 0 Å². The maximum Gasteiger partial charge on any atom is 0.120 e. The second kappa shape index (κ2) is 3.82. The van der Waals surface area contributed by atoms with Crippen molar-refractivity contribution in [3.63, 3.8) is 0 Å². The molecule has 0 bridgehead atoms. The average Bonchev–Trinajstić information content (AvgIpc) is 2.71. The average molecular weight is 209 g/mol. The SMILES string of the molecule is OC(c1ccc(Cl)cc1)c1ccn[nH]1. The standard InChI is InChI=1S/C10H9ClN2O/c11-8-3-1-7(2-4-8)10(14)9-5-6-12-13-9/h1-6,10,14H,(H,12,13). The van der Waals surface area contributed by atoms with E-state index in [1.807, 2.05) is 0 Å². The van der Waals surface area contributed by atoms with Crippen molar-refractivity contribution in [1.29, 1.82) is 0 Å². The first-order valence-electron chi connectivity index (χ1n) is 4.20. The molecular formula is C10H9ClN2O. The third-order valence-corrected chi connectivity index (χ3v) is 2.25. The van der Waals surface area contributed by atoms with Gasteiger partial charge in [-0.3, -0.25) is 5.10 Å². The van der Waals surface area contributed by atoms with Crippen molar-refractivity contribution in [2.45, 2.75) is 6.10 Å². The number of nitrogens with zero attached hydrogens (tertiary/aromatic N) is 1. The van der Waals surface area contributed by atoms with Crippen LogP contribution in [0.3, 0.4) is 0 Å². The van der Waals surface area contributed by atoms with Crippen LogP contribution in [0.15, 0.2) is 36.5 Å². The van der Waals surface area contributed by atoms with E-state index in [0.29, 0.717) is 10.7 Å². The first kappa shape index (κ1) is 9.24. The number of rotatable bonds is 2. The molecule has 0 aliphatic heterocycles. The Bertz CT molecular complexity index is 397. The van der Waals surface area contributed by atoms with Gasteiger partial charge in [0.25, 0.3) is 0 Å².